The van der Waals surface area contributed by atoms with E-state index in [4.69, 9.17) is 46.9 Å². The van der Waals surface area contributed by atoms with E-state index in [0.717, 1.165) is 38.9 Å². The van der Waals surface area contributed by atoms with Crippen molar-refractivity contribution in [2.45, 2.75) is 51.7 Å². The van der Waals surface area contributed by atoms with Crippen LogP contribution in [0.15, 0.2) is 30.6 Å². The number of amides is 1. The van der Waals surface area contributed by atoms with Gasteiger partial charge in [-0.15, -0.1) is 0 Å². The van der Waals surface area contributed by atoms with Crippen LogP contribution in [0, 0.1) is 0 Å². The molecule has 3 aromatic rings. The van der Waals surface area contributed by atoms with Crippen molar-refractivity contribution in [3.05, 3.63) is 40.6 Å². The van der Waals surface area contributed by atoms with Crippen LogP contribution in [0.25, 0.3) is 10.9 Å². The number of nitrogens with one attached hydrogen (secondary N) is 1. The maximum absolute atomic E-state index is 12.4. The number of carbonyl (C=O) groups is 1. The molecule has 1 N–H and O–H groups in total. The lowest BCUT2D eigenvalue weighted by atomic mass is 10.1. The van der Waals surface area contributed by atoms with Crippen LogP contribution in [0.2, 0.25) is 10.0 Å². The molecule has 2 saturated heterocycles. The molecule has 13 heteroatoms. The first kappa shape index (κ1) is 33.1. The first-order valence-corrected chi connectivity index (χ1v) is 16.0. The monoisotopic (exact) mass is 661 g/mol. The van der Waals surface area contributed by atoms with E-state index in [1.165, 1.54) is 6.33 Å². The maximum Gasteiger partial charge on any atom is 0.410 e. The Morgan fingerprint density at radius 1 is 1.02 bits per heavy atom. The van der Waals surface area contributed by atoms with E-state index in [1.54, 1.807) is 24.1 Å². The number of aromatic nitrogens is 2. The number of nitrogens with zero attached hydrogens (tertiary/aromatic N) is 4. The molecule has 0 unspecified atom stereocenters. The molecule has 45 heavy (non-hydrogen) atoms. The highest BCUT2D eigenvalue weighted by Gasteiger charge is 2.26. The van der Waals surface area contributed by atoms with E-state index >= 15 is 0 Å². The van der Waals surface area contributed by atoms with Crippen LogP contribution < -0.4 is 19.5 Å². The number of hydrogen-bond donors (Lipinski definition) is 1. The molecule has 2 aliphatic rings. The van der Waals surface area contributed by atoms with Crippen LogP contribution in [0.4, 0.5) is 16.3 Å². The Morgan fingerprint density at radius 2 is 1.78 bits per heavy atom. The van der Waals surface area contributed by atoms with Gasteiger partial charge in [0.1, 0.15) is 41.1 Å². The van der Waals surface area contributed by atoms with Gasteiger partial charge in [-0.2, -0.15) is 0 Å². The average Bonchev–Trinajstić information content (AvgIpc) is 3.00. The van der Waals surface area contributed by atoms with Gasteiger partial charge in [0.05, 0.1) is 53.6 Å². The van der Waals surface area contributed by atoms with Crippen LogP contribution >= 0.6 is 23.2 Å². The molecule has 0 saturated carbocycles. The number of hydrogen-bond acceptors (Lipinski definition) is 10. The Morgan fingerprint density at radius 3 is 2.49 bits per heavy atom. The number of fused-ring (bicyclic) bond motifs is 1. The largest absolute Gasteiger partial charge is 0.495 e. The van der Waals surface area contributed by atoms with Crippen LogP contribution in [0.1, 0.15) is 40.0 Å². The summed E-state index contributed by atoms with van der Waals surface area (Å²) in [6.07, 6.45) is 3.62. The van der Waals surface area contributed by atoms with Gasteiger partial charge in [-0.3, -0.25) is 4.90 Å². The molecule has 0 bridgehead atoms. The van der Waals surface area contributed by atoms with Gasteiger partial charge in [0, 0.05) is 63.8 Å². The Kier molecular flexibility index (Phi) is 11.0. The number of methoxy groups -OCH3 is 1. The second-order valence-electron chi connectivity index (χ2n) is 12.1. The Balaban J connectivity index is 1.27. The summed E-state index contributed by atoms with van der Waals surface area (Å²) in [5.74, 6) is 2.30. The smallest absolute Gasteiger partial charge is 0.410 e. The van der Waals surface area contributed by atoms with Crippen molar-refractivity contribution < 1.29 is 28.5 Å². The van der Waals surface area contributed by atoms with Gasteiger partial charge in [-0.05, 0) is 33.3 Å². The Hall–Kier alpha value is -3.25. The van der Waals surface area contributed by atoms with E-state index < -0.39 is 5.60 Å². The Bertz CT molecular complexity index is 1470. The lowest BCUT2D eigenvalue weighted by molar-refractivity contribution is 0.0141. The van der Waals surface area contributed by atoms with Crippen molar-refractivity contribution in [2.24, 2.45) is 0 Å². The lowest BCUT2D eigenvalue weighted by Gasteiger charge is -2.35. The van der Waals surface area contributed by atoms with E-state index in [0.29, 0.717) is 82.6 Å². The molecule has 0 spiro atoms. The molecule has 0 atom stereocenters. The second kappa shape index (κ2) is 14.9. The maximum atomic E-state index is 12.4. The summed E-state index contributed by atoms with van der Waals surface area (Å²) in [5.41, 5.74) is 0.761. The predicted octanol–water partition coefficient (Wildman–Crippen LogP) is 6.57. The predicted molar refractivity (Wildman–Crippen MR) is 175 cm³/mol. The molecule has 2 aliphatic heterocycles. The molecule has 0 radical (unpaired) electrons. The van der Waals surface area contributed by atoms with Crippen LogP contribution in [-0.2, 0) is 9.47 Å². The fourth-order valence-corrected chi connectivity index (χ4v) is 5.75. The topological polar surface area (TPSA) is 108 Å². The van der Waals surface area contributed by atoms with E-state index in [2.05, 4.69) is 20.2 Å². The number of carbonyl (C=O) groups excluding carboxylic acids is 1. The third kappa shape index (κ3) is 8.94. The molecule has 11 nitrogen and oxygen atoms in total. The third-order valence-corrected chi connectivity index (χ3v) is 8.15. The molecular weight excluding hydrogens is 621 g/mol. The molecule has 0 aliphatic carbocycles. The third-order valence-electron chi connectivity index (χ3n) is 7.54. The minimum atomic E-state index is -0.493. The van der Waals surface area contributed by atoms with Crippen molar-refractivity contribution in [1.29, 1.82) is 0 Å². The zero-order valence-electron chi connectivity index (χ0n) is 26.2. The number of anilines is 2. The van der Waals surface area contributed by atoms with Crippen molar-refractivity contribution in [1.82, 2.24) is 19.8 Å². The first-order chi connectivity index (χ1) is 21.6. The van der Waals surface area contributed by atoms with Crippen molar-refractivity contribution in [2.75, 3.05) is 65.0 Å². The summed E-state index contributed by atoms with van der Waals surface area (Å²) < 4.78 is 29.2. The molecule has 3 heterocycles. The molecule has 1 aromatic heterocycles. The summed E-state index contributed by atoms with van der Waals surface area (Å²) in [4.78, 5) is 25.6. The lowest BCUT2D eigenvalue weighted by Crippen LogP contribution is -2.50. The molecule has 5 rings (SSSR count). The zero-order valence-corrected chi connectivity index (χ0v) is 27.7. The van der Waals surface area contributed by atoms with Crippen LogP contribution in [-0.4, -0.2) is 97.2 Å². The summed E-state index contributed by atoms with van der Waals surface area (Å²) in [5, 5.41) is 4.86. The highest BCUT2D eigenvalue weighted by atomic mass is 35.5. The summed E-state index contributed by atoms with van der Waals surface area (Å²) in [6.45, 7) is 11.2. The standard InChI is InChI=1S/C32H41Cl2N5O6/c1-32(2,3)45-31(40)39-11-9-38(10-12-39)8-5-13-43-22-16-26-29(28(17-22)44-21-6-14-42-15-7-21)30(36-20-35-26)37-25-19-27(41-4)24(34)18-23(25)33/h16-21H,5-15H2,1-4H3,(H,35,36,37). The van der Waals surface area contributed by atoms with Gasteiger partial charge in [0.15, 0.2) is 0 Å². The SMILES string of the molecule is COc1cc(Nc2ncnc3cc(OCCCN4CCN(C(=O)OC(C)(C)C)CC4)cc(OC4CCOCC4)c23)c(Cl)cc1Cl. The van der Waals surface area contributed by atoms with E-state index in [1.807, 2.05) is 32.9 Å². The van der Waals surface area contributed by atoms with Crippen LogP contribution in [0.5, 0.6) is 17.2 Å². The number of ether oxygens (including phenoxy) is 5. The molecule has 2 fully saturated rings. The number of piperazine rings is 1. The minimum Gasteiger partial charge on any atom is -0.495 e. The van der Waals surface area contributed by atoms with E-state index in [-0.39, 0.29) is 12.2 Å². The number of rotatable bonds is 10. The van der Waals surface area contributed by atoms with Crippen molar-refractivity contribution in [3.63, 3.8) is 0 Å². The molecule has 2 aromatic carbocycles. The fraction of sp³-hybridized carbons (Fsp3) is 0.531. The van der Waals surface area contributed by atoms with Gasteiger partial charge < -0.3 is 33.9 Å². The second-order valence-corrected chi connectivity index (χ2v) is 12.9. The minimum absolute atomic E-state index is 0.0104. The van der Waals surface area contributed by atoms with Crippen LogP contribution in [0.3, 0.4) is 0 Å². The van der Waals surface area contributed by atoms with Gasteiger partial charge in [-0.1, -0.05) is 23.2 Å². The highest BCUT2D eigenvalue weighted by Crippen LogP contribution is 2.40. The highest BCUT2D eigenvalue weighted by molar-refractivity contribution is 6.37. The summed E-state index contributed by atoms with van der Waals surface area (Å²) in [6, 6.07) is 7.14. The molecule has 244 valence electrons. The Labute approximate surface area is 274 Å². The van der Waals surface area contributed by atoms with Crippen molar-refractivity contribution in [3.8, 4) is 17.2 Å². The quantitative estimate of drug-likeness (QED) is 0.240. The molecule has 1 amide bonds. The van der Waals surface area contributed by atoms with Crippen molar-refractivity contribution >= 4 is 51.7 Å². The van der Waals surface area contributed by atoms with Gasteiger partial charge >= 0.3 is 6.09 Å². The van der Waals surface area contributed by atoms with Gasteiger partial charge in [0.2, 0.25) is 0 Å². The van der Waals surface area contributed by atoms with E-state index in [9.17, 15) is 4.79 Å². The van der Waals surface area contributed by atoms with Gasteiger partial charge in [-0.25, -0.2) is 14.8 Å². The first-order valence-electron chi connectivity index (χ1n) is 15.3. The number of benzene rings is 2. The molecular formula is C32H41Cl2N5O6. The summed E-state index contributed by atoms with van der Waals surface area (Å²) >= 11 is 12.8. The average molecular weight is 663 g/mol. The normalized spacial score (nSPS) is 16.4. The van der Waals surface area contributed by atoms with Gasteiger partial charge in [0.25, 0.3) is 0 Å². The number of halogens is 2. The summed E-state index contributed by atoms with van der Waals surface area (Å²) in [7, 11) is 1.55. The zero-order chi connectivity index (χ0) is 32.0. The fourth-order valence-electron chi connectivity index (χ4n) is 5.24.